The van der Waals surface area contributed by atoms with Crippen LogP contribution in [0.3, 0.4) is 0 Å². The van der Waals surface area contributed by atoms with E-state index in [9.17, 15) is 22.4 Å². The Balaban J connectivity index is 1.63. The molecule has 0 aliphatic heterocycles. The molecule has 0 saturated carbocycles. The largest absolute Gasteiger partial charge is 0.416 e. The van der Waals surface area contributed by atoms with Crippen LogP contribution in [0, 0.1) is 5.82 Å². The van der Waals surface area contributed by atoms with Gasteiger partial charge in [0.2, 0.25) is 5.91 Å². The molecule has 0 aliphatic rings. The van der Waals surface area contributed by atoms with Gasteiger partial charge in [0.1, 0.15) is 5.82 Å². The fourth-order valence-electron chi connectivity index (χ4n) is 2.62. The number of thiazole rings is 1. The lowest BCUT2D eigenvalue weighted by Crippen LogP contribution is -2.18. The van der Waals surface area contributed by atoms with Crippen LogP contribution in [0.4, 0.5) is 22.7 Å². The van der Waals surface area contributed by atoms with E-state index in [0.29, 0.717) is 17.1 Å². The lowest BCUT2D eigenvalue weighted by atomic mass is 9.99. The summed E-state index contributed by atoms with van der Waals surface area (Å²) in [4.78, 5) is 17.4. The number of nitrogens with zero attached hydrogens (tertiary/aromatic N) is 1. The number of hydrogen-bond acceptors (Lipinski definition) is 3. The number of anilines is 1. The van der Waals surface area contributed by atoms with Crippen molar-refractivity contribution in [2.45, 2.75) is 25.4 Å². The SMILES string of the molecule is CC(C(=O)Nc1ncc(Cc2cccc(F)c2)s1)c1ccc(C(F)(F)F)cc1. The van der Waals surface area contributed by atoms with Gasteiger partial charge in [-0.3, -0.25) is 4.79 Å². The number of amides is 1. The molecule has 1 unspecified atom stereocenters. The first kappa shape index (κ1) is 20.0. The van der Waals surface area contributed by atoms with E-state index in [4.69, 9.17) is 0 Å². The molecule has 3 aromatic rings. The van der Waals surface area contributed by atoms with Crippen LogP contribution in [0.15, 0.2) is 54.7 Å². The molecular weight excluding hydrogens is 392 g/mol. The minimum Gasteiger partial charge on any atom is -0.301 e. The molecule has 1 N–H and O–H groups in total. The van der Waals surface area contributed by atoms with Gasteiger partial charge in [0.05, 0.1) is 11.5 Å². The van der Waals surface area contributed by atoms with E-state index >= 15 is 0 Å². The Hall–Kier alpha value is -2.74. The van der Waals surface area contributed by atoms with Crippen LogP contribution in [-0.4, -0.2) is 10.9 Å². The smallest absolute Gasteiger partial charge is 0.301 e. The predicted octanol–water partition coefficient (Wildman–Crippen LogP) is 5.63. The highest BCUT2D eigenvalue weighted by Gasteiger charge is 2.30. The lowest BCUT2D eigenvalue weighted by Gasteiger charge is -2.12. The topological polar surface area (TPSA) is 42.0 Å². The molecule has 0 radical (unpaired) electrons. The van der Waals surface area contributed by atoms with Crippen molar-refractivity contribution in [1.29, 1.82) is 0 Å². The molecule has 1 atom stereocenters. The van der Waals surface area contributed by atoms with Crippen LogP contribution >= 0.6 is 11.3 Å². The van der Waals surface area contributed by atoms with Crippen LogP contribution in [0.5, 0.6) is 0 Å². The summed E-state index contributed by atoms with van der Waals surface area (Å²) >= 11 is 1.27. The molecule has 146 valence electrons. The molecule has 1 aromatic heterocycles. The first-order valence-electron chi connectivity index (χ1n) is 8.39. The summed E-state index contributed by atoms with van der Waals surface area (Å²) in [5.74, 6) is -1.33. The Labute approximate surface area is 163 Å². The van der Waals surface area contributed by atoms with Gasteiger partial charge >= 0.3 is 6.18 Å². The number of carbonyl (C=O) groups is 1. The van der Waals surface area contributed by atoms with Gasteiger partial charge < -0.3 is 5.32 Å². The third kappa shape index (κ3) is 4.95. The number of nitrogens with one attached hydrogen (secondary N) is 1. The summed E-state index contributed by atoms with van der Waals surface area (Å²) in [7, 11) is 0. The zero-order valence-electron chi connectivity index (χ0n) is 14.8. The Morgan fingerprint density at radius 1 is 1.18 bits per heavy atom. The Bertz CT molecular complexity index is 967. The molecule has 1 amide bonds. The summed E-state index contributed by atoms with van der Waals surface area (Å²) in [5.41, 5.74) is 0.507. The van der Waals surface area contributed by atoms with Crippen molar-refractivity contribution in [2.24, 2.45) is 0 Å². The molecule has 0 aliphatic carbocycles. The van der Waals surface area contributed by atoms with Crippen molar-refractivity contribution < 1.29 is 22.4 Å². The third-order valence-electron chi connectivity index (χ3n) is 4.18. The molecule has 0 fully saturated rings. The van der Waals surface area contributed by atoms with Gasteiger partial charge in [-0.05, 0) is 42.3 Å². The maximum absolute atomic E-state index is 13.3. The second kappa shape index (κ2) is 8.10. The fourth-order valence-corrected chi connectivity index (χ4v) is 3.47. The molecular formula is C20H16F4N2OS. The molecule has 0 spiro atoms. The van der Waals surface area contributed by atoms with Crippen molar-refractivity contribution in [3.05, 3.63) is 82.1 Å². The summed E-state index contributed by atoms with van der Waals surface area (Å²) < 4.78 is 51.2. The molecule has 0 bridgehead atoms. The Morgan fingerprint density at radius 2 is 1.89 bits per heavy atom. The number of aromatic nitrogens is 1. The van der Waals surface area contributed by atoms with Crippen LogP contribution < -0.4 is 5.32 Å². The fraction of sp³-hybridized carbons (Fsp3) is 0.200. The highest BCUT2D eigenvalue weighted by molar-refractivity contribution is 7.15. The third-order valence-corrected chi connectivity index (χ3v) is 5.10. The zero-order valence-corrected chi connectivity index (χ0v) is 15.6. The number of halogens is 4. The van der Waals surface area contributed by atoms with Gasteiger partial charge in [0.25, 0.3) is 0 Å². The quantitative estimate of drug-likeness (QED) is 0.556. The van der Waals surface area contributed by atoms with E-state index in [0.717, 1.165) is 22.6 Å². The summed E-state index contributed by atoms with van der Waals surface area (Å²) in [5, 5.41) is 3.06. The number of rotatable bonds is 5. The van der Waals surface area contributed by atoms with Crippen LogP contribution in [0.2, 0.25) is 0 Å². The van der Waals surface area contributed by atoms with E-state index in [1.54, 1.807) is 25.3 Å². The average Bonchev–Trinajstić information content (AvgIpc) is 3.07. The molecule has 28 heavy (non-hydrogen) atoms. The van der Waals surface area contributed by atoms with Gasteiger partial charge in [-0.1, -0.05) is 24.3 Å². The maximum atomic E-state index is 13.3. The van der Waals surface area contributed by atoms with E-state index in [-0.39, 0.29) is 11.7 Å². The second-order valence-corrected chi connectivity index (χ2v) is 7.38. The molecule has 8 heteroatoms. The highest BCUT2D eigenvalue weighted by atomic mass is 32.1. The van der Waals surface area contributed by atoms with E-state index in [2.05, 4.69) is 10.3 Å². The molecule has 1 heterocycles. The second-order valence-electron chi connectivity index (χ2n) is 6.27. The summed E-state index contributed by atoms with van der Waals surface area (Å²) in [6.07, 6.45) is -2.32. The van der Waals surface area contributed by atoms with Gasteiger partial charge in [0.15, 0.2) is 5.13 Å². The first-order chi connectivity index (χ1) is 13.2. The van der Waals surface area contributed by atoms with Crippen molar-refractivity contribution in [3.63, 3.8) is 0 Å². The van der Waals surface area contributed by atoms with Crippen molar-refractivity contribution in [1.82, 2.24) is 4.98 Å². The number of carbonyl (C=O) groups excluding carboxylic acids is 1. The normalized spacial score (nSPS) is 12.6. The van der Waals surface area contributed by atoms with Crippen molar-refractivity contribution in [2.75, 3.05) is 5.32 Å². The highest BCUT2D eigenvalue weighted by Crippen LogP contribution is 2.30. The van der Waals surface area contributed by atoms with Gasteiger partial charge in [-0.2, -0.15) is 13.2 Å². The first-order valence-corrected chi connectivity index (χ1v) is 9.21. The lowest BCUT2D eigenvalue weighted by molar-refractivity contribution is -0.137. The van der Waals surface area contributed by atoms with Crippen molar-refractivity contribution >= 4 is 22.4 Å². The zero-order chi connectivity index (χ0) is 20.3. The predicted molar refractivity (Wildman–Crippen MR) is 99.8 cm³/mol. The van der Waals surface area contributed by atoms with Crippen LogP contribution in [0.1, 0.15) is 34.4 Å². The molecule has 2 aromatic carbocycles. The number of hydrogen-bond donors (Lipinski definition) is 1. The monoisotopic (exact) mass is 408 g/mol. The van der Waals surface area contributed by atoms with E-state index in [1.807, 2.05) is 0 Å². The van der Waals surface area contributed by atoms with Crippen molar-refractivity contribution in [3.8, 4) is 0 Å². The van der Waals surface area contributed by atoms with Crippen LogP contribution in [0.25, 0.3) is 0 Å². The van der Waals surface area contributed by atoms with E-state index in [1.165, 1.54) is 35.6 Å². The minimum absolute atomic E-state index is 0.319. The van der Waals surface area contributed by atoms with E-state index < -0.39 is 17.7 Å². The summed E-state index contributed by atoms with van der Waals surface area (Å²) in [6.45, 7) is 1.61. The van der Waals surface area contributed by atoms with Gasteiger partial charge in [-0.25, -0.2) is 9.37 Å². The summed E-state index contributed by atoms with van der Waals surface area (Å²) in [6, 6.07) is 10.7. The van der Waals surface area contributed by atoms with Gasteiger partial charge in [-0.15, -0.1) is 11.3 Å². The minimum atomic E-state index is -4.41. The maximum Gasteiger partial charge on any atom is 0.416 e. The Morgan fingerprint density at radius 3 is 2.54 bits per heavy atom. The average molecular weight is 408 g/mol. The number of benzene rings is 2. The molecule has 0 saturated heterocycles. The van der Waals surface area contributed by atoms with Crippen LogP contribution in [-0.2, 0) is 17.4 Å². The Kier molecular flexibility index (Phi) is 5.79. The molecule has 3 rings (SSSR count). The molecule has 3 nitrogen and oxygen atoms in total. The number of alkyl halides is 3. The standard InChI is InChI=1S/C20H16F4N2OS/c1-12(14-5-7-15(8-6-14)20(22,23)24)18(27)26-19-25-11-17(28-19)10-13-3-2-4-16(21)9-13/h2-9,11-12H,10H2,1H3,(H,25,26,27). The van der Waals surface area contributed by atoms with Gasteiger partial charge in [0, 0.05) is 17.5 Å².